The summed E-state index contributed by atoms with van der Waals surface area (Å²) in [5.74, 6) is 0.749. The molecule has 2 aliphatic rings. The zero-order chi connectivity index (χ0) is 17.6. The number of amides is 4. The average molecular weight is 332 g/mol. The number of methoxy groups -OCH3 is 1. The van der Waals surface area contributed by atoms with E-state index >= 15 is 0 Å². The monoisotopic (exact) mass is 332 g/mol. The molecule has 4 unspecified atom stereocenters. The lowest BCUT2D eigenvalue weighted by Gasteiger charge is -2.52. The highest BCUT2D eigenvalue weighted by molar-refractivity contribution is 5.80. The number of urea groups is 2. The zero-order valence-corrected chi connectivity index (χ0v) is 14.7. The number of nitrogens with zero attached hydrogens (tertiary/aromatic N) is 2. The van der Waals surface area contributed by atoms with Crippen LogP contribution >= 0.6 is 0 Å². The maximum absolute atomic E-state index is 12.5. The molecule has 1 aromatic carbocycles. The van der Waals surface area contributed by atoms with Crippen molar-refractivity contribution in [2.75, 3.05) is 21.2 Å². The molecular formula is C17H24N4O3. The molecule has 0 spiro atoms. The molecule has 0 saturated carbocycles. The molecule has 130 valence electrons. The minimum Gasteiger partial charge on any atom is -0.496 e. The van der Waals surface area contributed by atoms with Crippen LogP contribution in [-0.4, -0.2) is 55.3 Å². The Hall–Kier alpha value is -2.44. The summed E-state index contributed by atoms with van der Waals surface area (Å²) in [5.41, 5.74) is 2.05. The van der Waals surface area contributed by atoms with Gasteiger partial charge in [-0.1, -0.05) is 12.1 Å². The third kappa shape index (κ3) is 2.44. The number of ether oxygens (including phenoxy) is 1. The molecule has 0 aromatic heterocycles. The van der Waals surface area contributed by atoms with Gasteiger partial charge in [-0.05, 0) is 25.5 Å². The van der Waals surface area contributed by atoms with E-state index in [2.05, 4.69) is 10.6 Å². The number of hydrogen-bond donors (Lipinski definition) is 2. The van der Waals surface area contributed by atoms with Crippen molar-refractivity contribution in [2.45, 2.75) is 32.1 Å². The fraction of sp³-hybridized carbons (Fsp3) is 0.529. The van der Waals surface area contributed by atoms with Crippen molar-refractivity contribution in [3.8, 4) is 5.75 Å². The summed E-state index contributed by atoms with van der Waals surface area (Å²) in [6.45, 7) is 3.98. The van der Waals surface area contributed by atoms with Crippen LogP contribution in [-0.2, 0) is 0 Å². The van der Waals surface area contributed by atoms with Crippen molar-refractivity contribution in [3.63, 3.8) is 0 Å². The van der Waals surface area contributed by atoms with Crippen LogP contribution in [0.1, 0.15) is 24.1 Å². The molecule has 0 bridgehead atoms. The maximum atomic E-state index is 12.5. The van der Waals surface area contributed by atoms with Gasteiger partial charge in [-0.2, -0.15) is 0 Å². The second-order valence-corrected chi connectivity index (χ2v) is 6.62. The maximum Gasteiger partial charge on any atom is 0.319 e. The topological polar surface area (TPSA) is 73.9 Å². The smallest absolute Gasteiger partial charge is 0.319 e. The number of carbonyl (C=O) groups is 2. The quantitative estimate of drug-likeness (QED) is 0.865. The predicted octanol–water partition coefficient (Wildman–Crippen LogP) is 1.69. The third-order valence-electron chi connectivity index (χ3n) is 5.11. The van der Waals surface area contributed by atoms with Crippen LogP contribution in [0.3, 0.4) is 0 Å². The first kappa shape index (κ1) is 16.4. The van der Waals surface area contributed by atoms with Gasteiger partial charge in [-0.15, -0.1) is 0 Å². The van der Waals surface area contributed by atoms with Gasteiger partial charge in [0.15, 0.2) is 0 Å². The number of rotatable bonds is 2. The molecule has 3 rings (SSSR count). The number of aryl methyl sites for hydroxylation is 1. The van der Waals surface area contributed by atoms with Crippen LogP contribution in [0.2, 0.25) is 0 Å². The van der Waals surface area contributed by atoms with Crippen LogP contribution in [0.4, 0.5) is 9.59 Å². The summed E-state index contributed by atoms with van der Waals surface area (Å²) in [6, 6.07) is 5.34. The van der Waals surface area contributed by atoms with Crippen LogP contribution in [0.15, 0.2) is 18.2 Å². The minimum atomic E-state index is -0.353. The minimum absolute atomic E-state index is 0.00740. The van der Waals surface area contributed by atoms with Gasteiger partial charge in [0.25, 0.3) is 0 Å². The van der Waals surface area contributed by atoms with Crippen molar-refractivity contribution in [1.29, 1.82) is 0 Å². The largest absolute Gasteiger partial charge is 0.496 e. The highest BCUT2D eigenvalue weighted by Crippen LogP contribution is 2.41. The summed E-state index contributed by atoms with van der Waals surface area (Å²) >= 11 is 0. The normalized spacial score (nSPS) is 29.7. The van der Waals surface area contributed by atoms with E-state index in [4.69, 9.17) is 4.74 Å². The van der Waals surface area contributed by atoms with Gasteiger partial charge >= 0.3 is 12.1 Å². The first-order chi connectivity index (χ1) is 11.3. The van der Waals surface area contributed by atoms with Crippen molar-refractivity contribution in [3.05, 3.63) is 29.3 Å². The lowest BCUT2D eigenvalue weighted by Crippen LogP contribution is -2.71. The average Bonchev–Trinajstić information content (AvgIpc) is 2.54. The molecule has 2 aliphatic heterocycles. The number of nitrogens with one attached hydrogen (secondary N) is 2. The molecule has 4 atom stereocenters. The fourth-order valence-electron chi connectivity index (χ4n) is 3.78. The van der Waals surface area contributed by atoms with E-state index in [-0.39, 0.29) is 36.2 Å². The van der Waals surface area contributed by atoms with Crippen LogP contribution in [0, 0.1) is 12.8 Å². The number of fused-ring (bicyclic) bond motifs is 1. The Morgan fingerprint density at radius 2 is 1.75 bits per heavy atom. The van der Waals surface area contributed by atoms with E-state index in [9.17, 15) is 9.59 Å². The SMILES string of the molecule is COc1cc(C)ccc1C1C2C(C)NC(=O)N(C)C2NC(=O)N1C. The summed E-state index contributed by atoms with van der Waals surface area (Å²) in [6.07, 6.45) is -0.353. The fourth-order valence-corrected chi connectivity index (χ4v) is 3.78. The molecule has 7 heteroatoms. The molecule has 2 saturated heterocycles. The van der Waals surface area contributed by atoms with Gasteiger partial charge in [0.1, 0.15) is 11.9 Å². The molecule has 7 nitrogen and oxygen atoms in total. The Balaban J connectivity index is 2.10. The molecule has 1 aromatic rings. The predicted molar refractivity (Wildman–Crippen MR) is 89.8 cm³/mol. The third-order valence-corrected chi connectivity index (χ3v) is 5.11. The van der Waals surface area contributed by atoms with E-state index in [1.807, 2.05) is 32.0 Å². The van der Waals surface area contributed by atoms with Gasteiger partial charge < -0.3 is 25.2 Å². The Bertz CT molecular complexity index is 678. The zero-order valence-electron chi connectivity index (χ0n) is 14.7. The van der Waals surface area contributed by atoms with Crippen LogP contribution in [0.25, 0.3) is 0 Å². The lowest BCUT2D eigenvalue weighted by molar-refractivity contribution is 0.0241. The summed E-state index contributed by atoms with van der Waals surface area (Å²) in [4.78, 5) is 27.8. The van der Waals surface area contributed by atoms with Crippen molar-refractivity contribution >= 4 is 12.1 Å². The van der Waals surface area contributed by atoms with Crippen molar-refractivity contribution in [2.24, 2.45) is 5.92 Å². The molecule has 0 aliphatic carbocycles. The van der Waals surface area contributed by atoms with E-state index in [1.165, 1.54) is 0 Å². The van der Waals surface area contributed by atoms with Gasteiger partial charge in [-0.25, -0.2) is 9.59 Å². The summed E-state index contributed by atoms with van der Waals surface area (Å²) < 4.78 is 5.57. The Morgan fingerprint density at radius 3 is 2.42 bits per heavy atom. The summed E-state index contributed by atoms with van der Waals surface area (Å²) in [7, 11) is 5.11. The second kappa shape index (κ2) is 5.89. The highest BCUT2D eigenvalue weighted by Gasteiger charge is 2.50. The van der Waals surface area contributed by atoms with Crippen molar-refractivity contribution < 1.29 is 14.3 Å². The first-order valence-electron chi connectivity index (χ1n) is 8.06. The van der Waals surface area contributed by atoms with Gasteiger partial charge in [0, 0.05) is 31.6 Å². The first-order valence-corrected chi connectivity index (χ1v) is 8.06. The van der Waals surface area contributed by atoms with Crippen molar-refractivity contribution in [1.82, 2.24) is 20.4 Å². The van der Waals surface area contributed by atoms with E-state index in [0.717, 1.165) is 16.9 Å². The highest BCUT2D eigenvalue weighted by atomic mass is 16.5. The lowest BCUT2D eigenvalue weighted by atomic mass is 9.80. The van der Waals surface area contributed by atoms with Gasteiger partial charge in [-0.3, -0.25) is 0 Å². The summed E-state index contributed by atoms with van der Waals surface area (Å²) in [5, 5.41) is 5.92. The second-order valence-electron chi connectivity index (χ2n) is 6.62. The van der Waals surface area contributed by atoms with Gasteiger partial charge in [0.2, 0.25) is 0 Å². The molecule has 4 amide bonds. The molecule has 2 heterocycles. The van der Waals surface area contributed by atoms with E-state index in [1.54, 1.807) is 31.0 Å². The Morgan fingerprint density at radius 1 is 1.08 bits per heavy atom. The van der Waals surface area contributed by atoms with E-state index < -0.39 is 0 Å². The molecule has 2 fully saturated rings. The molecule has 24 heavy (non-hydrogen) atoms. The Kier molecular flexibility index (Phi) is 4.03. The van der Waals surface area contributed by atoms with Gasteiger partial charge in [0.05, 0.1) is 13.2 Å². The molecule has 2 N–H and O–H groups in total. The number of carbonyl (C=O) groups excluding carboxylic acids is 2. The van der Waals surface area contributed by atoms with E-state index in [0.29, 0.717) is 0 Å². The standard InChI is InChI=1S/C17H24N4O3/c1-9-6-7-11(12(8-9)24-5)14-13-10(2)18-16(22)21(4)15(13)19-17(23)20(14)3/h6-8,10,13-15H,1-5H3,(H,18,22)(H,19,23). The molecule has 0 radical (unpaired) electrons. The van der Waals surface area contributed by atoms with Crippen LogP contribution in [0.5, 0.6) is 5.75 Å². The van der Waals surface area contributed by atoms with Crippen LogP contribution < -0.4 is 15.4 Å². The number of benzene rings is 1. The Labute approximate surface area is 141 Å². The molecular weight excluding hydrogens is 308 g/mol. The number of hydrogen-bond acceptors (Lipinski definition) is 3.